The van der Waals surface area contributed by atoms with Crippen LogP contribution in [0.15, 0.2) is 28.2 Å². The van der Waals surface area contributed by atoms with Crippen molar-refractivity contribution in [2.45, 2.75) is 4.90 Å². The molecule has 0 aliphatic carbocycles. The number of H-pyrrole nitrogens is 1. The fourth-order valence-corrected chi connectivity index (χ4v) is 2.14. The summed E-state index contributed by atoms with van der Waals surface area (Å²) in [7, 11) is -3.87. The number of aromatic amines is 1. The van der Waals surface area contributed by atoms with Gasteiger partial charge in [0.15, 0.2) is 0 Å². The van der Waals surface area contributed by atoms with Crippen molar-refractivity contribution >= 4 is 16.1 Å². The van der Waals surface area contributed by atoms with Crippen LogP contribution in [0.25, 0.3) is 0 Å². The molecular formula is C8H12N4O4S. The van der Waals surface area contributed by atoms with Crippen molar-refractivity contribution in [3.8, 4) is 0 Å². The summed E-state index contributed by atoms with van der Waals surface area (Å²) < 4.78 is 25.4. The molecule has 1 aromatic heterocycles. The second kappa shape index (κ2) is 5.46. The van der Waals surface area contributed by atoms with Crippen LogP contribution in [0.4, 0.5) is 4.79 Å². The number of sulfonamides is 1. The molecule has 1 rings (SSSR count). The summed E-state index contributed by atoms with van der Waals surface area (Å²) in [6.45, 7) is -0.0150. The lowest BCUT2D eigenvalue weighted by Gasteiger charge is -2.05. The highest BCUT2D eigenvalue weighted by molar-refractivity contribution is 7.89. The first-order valence-electron chi connectivity index (χ1n) is 4.63. The number of hydrogen-bond acceptors (Lipinski definition) is 4. The van der Waals surface area contributed by atoms with Crippen LogP contribution in [0.2, 0.25) is 0 Å². The number of amides is 2. The number of urea groups is 1. The van der Waals surface area contributed by atoms with E-state index in [1.54, 1.807) is 0 Å². The predicted octanol–water partition coefficient (Wildman–Crippen LogP) is -1.68. The quantitative estimate of drug-likeness (QED) is 0.470. The molecule has 8 nitrogen and oxygen atoms in total. The van der Waals surface area contributed by atoms with E-state index >= 15 is 0 Å². The smallest absolute Gasteiger partial charge is 0.312 e. The molecule has 9 heteroatoms. The Bertz CT molecular complexity index is 551. The van der Waals surface area contributed by atoms with Gasteiger partial charge in [0.05, 0.1) is 0 Å². The minimum Gasteiger partial charge on any atom is -0.366 e. The molecule has 0 aliphatic rings. The molecule has 1 heterocycles. The third-order valence-electron chi connectivity index (χ3n) is 1.79. The number of primary amides is 1. The maximum Gasteiger partial charge on any atom is 0.312 e. The number of carbonyl (C=O) groups is 1. The highest BCUT2D eigenvalue weighted by Crippen LogP contribution is 1.98. The maximum atomic E-state index is 11.6. The minimum atomic E-state index is -3.87. The van der Waals surface area contributed by atoms with Gasteiger partial charge in [0.1, 0.15) is 4.90 Å². The molecule has 0 atom stereocenters. The van der Waals surface area contributed by atoms with Crippen molar-refractivity contribution in [3.05, 3.63) is 28.7 Å². The highest BCUT2D eigenvalue weighted by atomic mass is 32.2. The molecule has 2 amide bonds. The van der Waals surface area contributed by atoms with Crippen molar-refractivity contribution < 1.29 is 13.2 Å². The fraction of sp³-hybridized carbons (Fsp3) is 0.250. The minimum absolute atomic E-state index is 0.0410. The molecule has 0 bridgehead atoms. The lowest BCUT2D eigenvalue weighted by atomic mass is 10.5. The molecule has 0 saturated heterocycles. The lowest BCUT2D eigenvalue weighted by molar-refractivity contribution is 0.249. The summed E-state index contributed by atoms with van der Waals surface area (Å²) in [6.07, 6.45) is 2.42. The Morgan fingerprint density at radius 2 is 2.12 bits per heavy atom. The Morgan fingerprint density at radius 1 is 1.41 bits per heavy atom. The lowest BCUT2D eigenvalue weighted by Crippen LogP contribution is -2.38. The summed E-state index contributed by atoms with van der Waals surface area (Å²) in [5.74, 6) is 0. The van der Waals surface area contributed by atoms with Crippen LogP contribution in [0.1, 0.15) is 0 Å². The van der Waals surface area contributed by atoms with Crippen LogP contribution >= 0.6 is 0 Å². The molecule has 5 N–H and O–H groups in total. The summed E-state index contributed by atoms with van der Waals surface area (Å²) in [4.78, 5) is 23.7. The molecule has 0 aliphatic heterocycles. The van der Waals surface area contributed by atoms with Gasteiger partial charge in [-0.2, -0.15) is 0 Å². The third kappa shape index (κ3) is 3.89. The molecule has 0 saturated carbocycles. The van der Waals surface area contributed by atoms with Crippen molar-refractivity contribution in [1.29, 1.82) is 0 Å². The first-order valence-corrected chi connectivity index (χ1v) is 6.12. The van der Waals surface area contributed by atoms with E-state index < -0.39 is 21.5 Å². The maximum absolute atomic E-state index is 11.6. The zero-order valence-corrected chi connectivity index (χ0v) is 9.58. The molecule has 0 radical (unpaired) electrons. The third-order valence-corrected chi connectivity index (χ3v) is 3.28. The topological polar surface area (TPSA) is 134 Å². The van der Waals surface area contributed by atoms with Crippen LogP contribution in [0.3, 0.4) is 0 Å². The Hall–Kier alpha value is -1.87. The van der Waals surface area contributed by atoms with Gasteiger partial charge >= 0.3 is 6.03 Å². The Labute approximate surface area is 97.3 Å². The van der Waals surface area contributed by atoms with Crippen LogP contribution in [0, 0.1) is 0 Å². The van der Waals surface area contributed by atoms with Gasteiger partial charge in [-0.05, 0) is 0 Å². The van der Waals surface area contributed by atoms with Crippen LogP contribution in [-0.2, 0) is 10.0 Å². The first kappa shape index (κ1) is 13.2. The van der Waals surface area contributed by atoms with Gasteiger partial charge in [0.25, 0.3) is 0 Å². The first-order chi connectivity index (χ1) is 7.93. The predicted molar refractivity (Wildman–Crippen MR) is 59.8 cm³/mol. The van der Waals surface area contributed by atoms with E-state index in [9.17, 15) is 18.0 Å². The molecule has 0 spiro atoms. The van der Waals surface area contributed by atoms with Gasteiger partial charge in [0.2, 0.25) is 15.5 Å². The Kier molecular flexibility index (Phi) is 4.24. The highest BCUT2D eigenvalue weighted by Gasteiger charge is 2.16. The molecule has 0 unspecified atom stereocenters. The van der Waals surface area contributed by atoms with Crippen LogP contribution < -0.4 is 21.2 Å². The molecule has 17 heavy (non-hydrogen) atoms. The average molecular weight is 260 g/mol. The zero-order chi connectivity index (χ0) is 12.9. The number of carbonyl (C=O) groups excluding carboxylic acids is 1. The zero-order valence-electron chi connectivity index (χ0n) is 8.76. The van der Waals surface area contributed by atoms with Gasteiger partial charge in [0, 0.05) is 31.5 Å². The number of hydrogen-bond donors (Lipinski definition) is 4. The van der Waals surface area contributed by atoms with Crippen molar-refractivity contribution in [2.75, 3.05) is 13.1 Å². The monoisotopic (exact) mass is 260 g/mol. The molecule has 1 aromatic rings. The molecule has 94 valence electrons. The van der Waals surface area contributed by atoms with E-state index in [2.05, 4.69) is 15.0 Å². The number of nitrogens with one attached hydrogen (secondary N) is 3. The number of nitrogens with two attached hydrogens (primary N) is 1. The van der Waals surface area contributed by atoms with E-state index in [4.69, 9.17) is 5.73 Å². The van der Waals surface area contributed by atoms with Gasteiger partial charge in [-0.3, -0.25) is 4.79 Å². The molecule has 0 fully saturated rings. The normalized spacial score (nSPS) is 11.1. The Balaban J connectivity index is 2.67. The largest absolute Gasteiger partial charge is 0.366 e. The summed E-state index contributed by atoms with van der Waals surface area (Å²) in [5.41, 5.74) is 4.18. The SMILES string of the molecule is NC(=O)NCCNS(=O)(=O)c1c[nH]ccc1=O. The van der Waals surface area contributed by atoms with Crippen LogP contribution in [-0.4, -0.2) is 32.5 Å². The second-order valence-electron chi connectivity index (χ2n) is 3.06. The summed E-state index contributed by atoms with van der Waals surface area (Å²) in [5, 5.41) is 2.21. The van der Waals surface area contributed by atoms with E-state index in [1.807, 2.05) is 0 Å². The number of aromatic nitrogens is 1. The summed E-state index contributed by atoms with van der Waals surface area (Å²) >= 11 is 0. The van der Waals surface area contributed by atoms with Gasteiger partial charge in [-0.25, -0.2) is 17.9 Å². The Morgan fingerprint density at radius 3 is 2.71 bits per heavy atom. The molecular weight excluding hydrogens is 248 g/mol. The number of pyridine rings is 1. The van der Waals surface area contributed by atoms with E-state index in [1.165, 1.54) is 6.20 Å². The second-order valence-corrected chi connectivity index (χ2v) is 4.80. The van der Waals surface area contributed by atoms with Gasteiger partial charge in [-0.15, -0.1) is 0 Å². The van der Waals surface area contributed by atoms with Crippen molar-refractivity contribution in [2.24, 2.45) is 5.73 Å². The average Bonchev–Trinajstić information content (AvgIpc) is 2.24. The van der Waals surface area contributed by atoms with Crippen LogP contribution in [0.5, 0.6) is 0 Å². The standard InChI is InChI=1S/C8H12N4O4S/c9-8(14)11-3-4-12-17(15,16)7-5-10-2-1-6(7)13/h1-2,5,12H,3-4H2,(H,10,13)(H3,9,11,14). The summed E-state index contributed by atoms with van der Waals surface area (Å²) in [6, 6.07) is 0.359. The number of rotatable bonds is 5. The van der Waals surface area contributed by atoms with Gasteiger partial charge in [-0.1, -0.05) is 0 Å². The van der Waals surface area contributed by atoms with E-state index in [0.29, 0.717) is 0 Å². The molecule has 0 aromatic carbocycles. The fourth-order valence-electron chi connectivity index (χ4n) is 1.06. The van der Waals surface area contributed by atoms with E-state index in [-0.39, 0.29) is 18.0 Å². The van der Waals surface area contributed by atoms with E-state index in [0.717, 1.165) is 12.3 Å². The van der Waals surface area contributed by atoms with Crippen molar-refractivity contribution in [3.63, 3.8) is 0 Å². The van der Waals surface area contributed by atoms with Crippen molar-refractivity contribution in [1.82, 2.24) is 15.0 Å². The van der Waals surface area contributed by atoms with Gasteiger partial charge < -0.3 is 16.0 Å².